The second-order valence-electron chi connectivity index (χ2n) is 4.53. The highest BCUT2D eigenvalue weighted by Gasteiger charge is 2.04. The average molecular weight is 254 g/mol. The number of hydrogen-bond donors (Lipinski definition) is 0. The first-order valence-corrected chi connectivity index (χ1v) is 6.16. The number of benzene rings is 1. The fourth-order valence-electron chi connectivity index (χ4n) is 2.12. The van der Waals surface area contributed by atoms with Gasteiger partial charge in [0.25, 0.3) is 5.56 Å². The van der Waals surface area contributed by atoms with E-state index in [0.29, 0.717) is 11.9 Å². The number of aryl methyl sites for hydroxylation is 3. The van der Waals surface area contributed by atoms with Gasteiger partial charge in [0.1, 0.15) is 0 Å². The van der Waals surface area contributed by atoms with Crippen LogP contribution in [0.3, 0.4) is 0 Å². The Morgan fingerprint density at radius 3 is 2.79 bits per heavy atom. The van der Waals surface area contributed by atoms with Gasteiger partial charge in [-0.05, 0) is 18.1 Å². The van der Waals surface area contributed by atoms with Crippen LogP contribution in [0.4, 0.5) is 0 Å². The molecule has 5 heteroatoms. The van der Waals surface area contributed by atoms with Gasteiger partial charge in [0.15, 0.2) is 0 Å². The summed E-state index contributed by atoms with van der Waals surface area (Å²) in [5.41, 5.74) is 1.06. The number of aromatic nitrogens is 4. The van der Waals surface area contributed by atoms with Crippen molar-refractivity contribution in [2.75, 3.05) is 0 Å². The third-order valence-electron chi connectivity index (χ3n) is 3.13. The lowest BCUT2D eigenvalue weighted by Gasteiger charge is -2.04. The first kappa shape index (κ1) is 11.6. The van der Waals surface area contributed by atoms with E-state index in [1.165, 1.54) is 4.68 Å². The molecular formula is C14H14N4O. The molecule has 0 fully saturated rings. The molecule has 0 spiro atoms. The van der Waals surface area contributed by atoms with Gasteiger partial charge in [-0.2, -0.15) is 10.2 Å². The Labute approximate surface area is 110 Å². The van der Waals surface area contributed by atoms with E-state index >= 15 is 0 Å². The number of rotatable bonds is 3. The molecule has 3 rings (SSSR count). The standard InChI is InChI=1S/C14H14N4O/c1-17-10-11(8-15-17)6-7-18-14(19)13-5-3-2-4-12(13)9-16-18/h2-5,8-10H,6-7H2,1H3. The predicted octanol–water partition coefficient (Wildman–Crippen LogP) is 1.37. The molecule has 0 atom stereocenters. The fraction of sp³-hybridized carbons (Fsp3) is 0.214. The van der Waals surface area contributed by atoms with Crippen molar-refractivity contribution < 1.29 is 0 Å². The summed E-state index contributed by atoms with van der Waals surface area (Å²) < 4.78 is 3.27. The Morgan fingerprint density at radius 2 is 2.00 bits per heavy atom. The SMILES string of the molecule is Cn1cc(CCn2ncc3ccccc3c2=O)cn1. The Bertz CT molecular complexity index is 772. The summed E-state index contributed by atoms with van der Waals surface area (Å²) in [6, 6.07) is 7.51. The van der Waals surface area contributed by atoms with Crippen LogP contribution < -0.4 is 5.56 Å². The highest BCUT2D eigenvalue weighted by molar-refractivity contribution is 5.80. The first-order valence-electron chi connectivity index (χ1n) is 6.16. The largest absolute Gasteiger partial charge is 0.276 e. The third kappa shape index (κ3) is 2.27. The fourth-order valence-corrected chi connectivity index (χ4v) is 2.12. The van der Waals surface area contributed by atoms with E-state index in [1.807, 2.05) is 43.7 Å². The molecule has 0 bridgehead atoms. The van der Waals surface area contributed by atoms with Crippen molar-refractivity contribution in [1.82, 2.24) is 19.6 Å². The molecule has 0 N–H and O–H groups in total. The summed E-state index contributed by atoms with van der Waals surface area (Å²) in [7, 11) is 1.88. The molecule has 2 aromatic heterocycles. The van der Waals surface area contributed by atoms with Crippen molar-refractivity contribution in [1.29, 1.82) is 0 Å². The van der Waals surface area contributed by atoms with E-state index in [2.05, 4.69) is 10.2 Å². The molecule has 0 radical (unpaired) electrons. The van der Waals surface area contributed by atoms with E-state index in [1.54, 1.807) is 10.9 Å². The zero-order chi connectivity index (χ0) is 13.2. The molecule has 0 amide bonds. The van der Waals surface area contributed by atoms with Crippen LogP contribution in [0, 0.1) is 0 Å². The first-order chi connectivity index (χ1) is 9.24. The third-order valence-corrected chi connectivity index (χ3v) is 3.13. The van der Waals surface area contributed by atoms with E-state index in [-0.39, 0.29) is 5.56 Å². The lowest BCUT2D eigenvalue weighted by Crippen LogP contribution is -2.23. The highest BCUT2D eigenvalue weighted by atomic mass is 16.1. The Hall–Kier alpha value is -2.43. The molecule has 0 saturated carbocycles. The molecule has 0 aliphatic carbocycles. The van der Waals surface area contributed by atoms with E-state index < -0.39 is 0 Å². The molecule has 2 heterocycles. The summed E-state index contributed by atoms with van der Waals surface area (Å²) in [6.45, 7) is 0.565. The molecule has 19 heavy (non-hydrogen) atoms. The summed E-state index contributed by atoms with van der Waals surface area (Å²) in [4.78, 5) is 12.2. The van der Waals surface area contributed by atoms with Crippen LogP contribution in [-0.4, -0.2) is 19.6 Å². The minimum absolute atomic E-state index is 0.0398. The maximum Gasteiger partial charge on any atom is 0.274 e. The maximum atomic E-state index is 12.2. The Kier molecular flexibility index (Phi) is 2.87. The van der Waals surface area contributed by atoms with Gasteiger partial charge in [-0.3, -0.25) is 9.48 Å². The number of hydrogen-bond acceptors (Lipinski definition) is 3. The van der Waals surface area contributed by atoms with Crippen LogP contribution in [0.5, 0.6) is 0 Å². The molecule has 1 aromatic carbocycles. The van der Waals surface area contributed by atoms with E-state index in [0.717, 1.165) is 17.4 Å². The highest BCUT2D eigenvalue weighted by Crippen LogP contribution is 2.06. The van der Waals surface area contributed by atoms with Crippen molar-refractivity contribution in [3.05, 3.63) is 58.8 Å². The predicted molar refractivity (Wildman–Crippen MR) is 72.9 cm³/mol. The van der Waals surface area contributed by atoms with Crippen LogP contribution in [-0.2, 0) is 20.0 Å². The Morgan fingerprint density at radius 1 is 1.16 bits per heavy atom. The van der Waals surface area contributed by atoms with E-state index in [4.69, 9.17) is 0 Å². The van der Waals surface area contributed by atoms with Crippen molar-refractivity contribution in [3.8, 4) is 0 Å². The van der Waals surface area contributed by atoms with E-state index in [9.17, 15) is 4.79 Å². The quantitative estimate of drug-likeness (QED) is 0.709. The maximum absolute atomic E-state index is 12.2. The number of fused-ring (bicyclic) bond motifs is 1. The normalized spacial score (nSPS) is 11.0. The minimum Gasteiger partial charge on any atom is -0.276 e. The van der Waals surface area contributed by atoms with Gasteiger partial charge in [0.05, 0.1) is 17.8 Å². The van der Waals surface area contributed by atoms with Crippen LogP contribution in [0.15, 0.2) is 47.7 Å². The molecule has 96 valence electrons. The van der Waals surface area contributed by atoms with Crippen molar-refractivity contribution in [2.45, 2.75) is 13.0 Å². The van der Waals surface area contributed by atoms with Gasteiger partial charge in [-0.1, -0.05) is 18.2 Å². The smallest absolute Gasteiger partial charge is 0.274 e. The topological polar surface area (TPSA) is 52.7 Å². The average Bonchev–Trinajstić information content (AvgIpc) is 2.84. The van der Waals surface area contributed by atoms with Crippen LogP contribution in [0.1, 0.15) is 5.56 Å². The zero-order valence-corrected chi connectivity index (χ0v) is 10.7. The monoisotopic (exact) mass is 254 g/mol. The summed E-state index contributed by atoms with van der Waals surface area (Å²) in [5, 5.41) is 9.91. The van der Waals surface area contributed by atoms with Gasteiger partial charge in [0, 0.05) is 25.2 Å². The van der Waals surface area contributed by atoms with Crippen LogP contribution >= 0.6 is 0 Å². The summed E-state index contributed by atoms with van der Waals surface area (Å²) in [6.07, 6.45) is 6.25. The Balaban J connectivity index is 1.89. The number of nitrogens with zero attached hydrogens (tertiary/aromatic N) is 4. The lowest BCUT2D eigenvalue weighted by atomic mass is 10.2. The molecular weight excluding hydrogens is 240 g/mol. The summed E-state index contributed by atoms with van der Waals surface area (Å²) in [5.74, 6) is 0. The minimum atomic E-state index is -0.0398. The van der Waals surface area contributed by atoms with Crippen molar-refractivity contribution in [3.63, 3.8) is 0 Å². The van der Waals surface area contributed by atoms with Crippen LogP contribution in [0.2, 0.25) is 0 Å². The molecule has 0 aliphatic heterocycles. The zero-order valence-electron chi connectivity index (χ0n) is 10.7. The lowest BCUT2D eigenvalue weighted by molar-refractivity contribution is 0.584. The molecule has 5 nitrogen and oxygen atoms in total. The molecule has 0 unspecified atom stereocenters. The molecule has 0 aliphatic rings. The molecule has 3 aromatic rings. The molecule has 0 saturated heterocycles. The second-order valence-corrected chi connectivity index (χ2v) is 4.53. The summed E-state index contributed by atoms with van der Waals surface area (Å²) >= 11 is 0. The van der Waals surface area contributed by atoms with Gasteiger partial charge >= 0.3 is 0 Å². The second kappa shape index (κ2) is 4.68. The van der Waals surface area contributed by atoms with Gasteiger partial charge in [-0.15, -0.1) is 0 Å². The van der Waals surface area contributed by atoms with Crippen LogP contribution in [0.25, 0.3) is 10.8 Å². The van der Waals surface area contributed by atoms with Gasteiger partial charge < -0.3 is 0 Å². The van der Waals surface area contributed by atoms with Crippen molar-refractivity contribution >= 4 is 10.8 Å². The van der Waals surface area contributed by atoms with Crippen molar-refractivity contribution in [2.24, 2.45) is 7.05 Å². The van der Waals surface area contributed by atoms with Gasteiger partial charge in [0.2, 0.25) is 0 Å². The van der Waals surface area contributed by atoms with Gasteiger partial charge in [-0.25, -0.2) is 4.68 Å².